The van der Waals surface area contributed by atoms with E-state index in [2.05, 4.69) is 15.2 Å². The standard InChI is InChI=1S/C24H26N4O4/c1-3-32-24(30)16-8-6-10-18(14-16)25-22(29)17-9-7-13-28(15-17)21-23(31-2)27-20-12-5-4-11-19(20)26-21/h4-6,8,10-12,14,17H,3,7,9,13,15H2,1-2H3,(H,25,29)/t17-/m0/s1. The van der Waals surface area contributed by atoms with Gasteiger partial charge in [-0.15, -0.1) is 0 Å². The van der Waals surface area contributed by atoms with Crippen LogP contribution in [0.2, 0.25) is 0 Å². The van der Waals surface area contributed by atoms with E-state index in [1.54, 1.807) is 38.3 Å². The number of benzene rings is 2. The van der Waals surface area contributed by atoms with Crippen LogP contribution < -0.4 is 15.0 Å². The summed E-state index contributed by atoms with van der Waals surface area (Å²) in [5, 5.41) is 2.94. The van der Waals surface area contributed by atoms with E-state index in [-0.39, 0.29) is 11.8 Å². The molecule has 1 aliphatic rings. The van der Waals surface area contributed by atoms with Crippen LogP contribution in [0.3, 0.4) is 0 Å². The first kappa shape index (κ1) is 21.5. The van der Waals surface area contributed by atoms with E-state index in [1.807, 2.05) is 24.3 Å². The molecule has 166 valence electrons. The van der Waals surface area contributed by atoms with Gasteiger partial charge in [0.15, 0.2) is 5.82 Å². The summed E-state index contributed by atoms with van der Waals surface area (Å²) < 4.78 is 10.5. The maximum absolute atomic E-state index is 13.0. The highest BCUT2D eigenvalue weighted by Gasteiger charge is 2.29. The quantitative estimate of drug-likeness (QED) is 0.592. The van der Waals surface area contributed by atoms with Gasteiger partial charge in [0.25, 0.3) is 5.88 Å². The van der Waals surface area contributed by atoms with E-state index in [0.29, 0.717) is 36.1 Å². The number of fused-ring (bicyclic) bond motifs is 1. The van der Waals surface area contributed by atoms with Crippen LogP contribution in [0.25, 0.3) is 11.0 Å². The van der Waals surface area contributed by atoms with Crippen molar-refractivity contribution in [1.82, 2.24) is 9.97 Å². The van der Waals surface area contributed by atoms with Gasteiger partial charge in [-0.25, -0.2) is 14.8 Å². The summed E-state index contributed by atoms with van der Waals surface area (Å²) in [5.41, 5.74) is 2.53. The van der Waals surface area contributed by atoms with Gasteiger partial charge < -0.3 is 19.7 Å². The zero-order valence-corrected chi connectivity index (χ0v) is 18.2. The molecule has 0 spiro atoms. The number of nitrogens with zero attached hydrogens (tertiary/aromatic N) is 3. The van der Waals surface area contributed by atoms with E-state index in [0.717, 1.165) is 30.4 Å². The molecule has 2 heterocycles. The molecule has 1 aliphatic heterocycles. The molecule has 1 fully saturated rings. The fourth-order valence-electron chi connectivity index (χ4n) is 3.88. The van der Waals surface area contributed by atoms with Crippen molar-refractivity contribution in [3.63, 3.8) is 0 Å². The van der Waals surface area contributed by atoms with Crippen LogP contribution >= 0.6 is 0 Å². The highest BCUT2D eigenvalue weighted by atomic mass is 16.5. The summed E-state index contributed by atoms with van der Waals surface area (Å²) in [6.45, 7) is 3.33. The highest BCUT2D eigenvalue weighted by molar-refractivity contribution is 5.96. The lowest BCUT2D eigenvalue weighted by Gasteiger charge is -2.33. The average Bonchev–Trinajstić information content (AvgIpc) is 2.83. The lowest BCUT2D eigenvalue weighted by atomic mass is 9.97. The first-order valence-electron chi connectivity index (χ1n) is 10.7. The Morgan fingerprint density at radius 3 is 2.66 bits per heavy atom. The van der Waals surface area contributed by atoms with Gasteiger partial charge in [0.2, 0.25) is 5.91 Å². The Morgan fingerprint density at radius 2 is 1.91 bits per heavy atom. The van der Waals surface area contributed by atoms with Gasteiger partial charge in [-0.2, -0.15) is 0 Å². The van der Waals surface area contributed by atoms with E-state index < -0.39 is 5.97 Å². The van der Waals surface area contributed by atoms with Crippen molar-refractivity contribution in [3.05, 3.63) is 54.1 Å². The van der Waals surface area contributed by atoms with Crippen LogP contribution in [0, 0.1) is 5.92 Å². The summed E-state index contributed by atoms with van der Waals surface area (Å²) in [5.74, 6) is 0.366. The Hall–Kier alpha value is -3.68. The molecular formula is C24H26N4O4. The van der Waals surface area contributed by atoms with Crippen LogP contribution in [-0.2, 0) is 9.53 Å². The fourth-order valence-corrected chi connectivity index (χ4v) is 3.88. The zero-order chi connectivity index (χ0) is 22.5. The molecule has 1 amide bonds. The molecule has 1 aromatic heterocycles. The zero-order valence-electron chi connectivity index (χ0n) is 18.2. The minimum atomic E-state index is -0.408. The SMILES string of the molecule is CCOC(=O)c1cccc(NC(=O)[C@H]2CCCN(c3nc4ccccc4nc3OC)C2)c1. The van der Waals surface area contributed by atoms with Gasteiger partial charge in [-0.3, -0.25) is 4.79 Å². The Kier molecular flexibility index (Phi) is 6.49. The summed E-state index contributed by atoms with van der Waals surface area (Å²) in [6.07, 6.45) is 1.61. The molecule has 0 radical (unpaired) electrons. The number of anilines is 2. The van der Waals surface area contributed by atoms with Gasteiger partial charge in [-0.05, 0) is 50.1 Å². The monoisotopic (exact) mass is 434 g/mol. The first-order chi connectivity index (χ1) is 15.6. The second-order valence-corrected chi connectivity index (χ2v) is 7.62. The molecule has 2 aromatic carbocycles. The Labute approximate surface area is 186 Å². The molecule has 0 saturated carbocycles. The van der Waals surface area contributed by atoms with Gasteiger partial charge in [0.05, 0.1) is 36.2 Å². The third-order valence-corrected chi connectivity index (χ3v) is 5.45. The number of aromatic nitrogens is 2. The summed E-state index contributed by atoms with van der Waals surface area (Å²) in [6, 6.07) is 14.4. The number of hydrogen-bond acceptors (Lipinski definition) is 7. The molecule has 1 saturated heterocycles. The first-order valence-corrected chi connectivity index (χ1v) is 10.7. The van der Waals surface area contributed by atoms with Gasteiger partial charge in [-0.1, -0.05) is 18.2 Å². The van der Waals surface area contributed by atoms with E-state index in [1.165, 1.54) is 0 Å². The smallest absolute Gasteiger partial charge is 0.338 e. The Morgan fingerprint density at radius 1 is 1.12 bits per heavy atom. The number of hydrogen-bond donors (Lipinski definition) is 1. The fraction of sp³-hybridized carbons (Fsp3) is 0.333. The van der Waals surface area contributed by atoms with E-state index in [9.17, 15) is 9.59 Å². The number of methoxy groups -OCH3 is 1. The van der Waals surface area contributed by atoms with Crippen molar-refractivity contribution in [2.24, 2.45) is 5.92 Å². The number of carbonyl (C=O) groups excluding carboxylic acids is 2. The van der Waals surface area contributed by atoms with Crippen LogP contribution in [-0.4, -0.2) is 48.7 Å². The van der Waals surface area contributed by atoms with Gasteiger partial charge in [0, 0.05) is 18.8 Å². The summed E-state index contributed by atoms with van der Waals surface area (Å²) in [4.78, 5) is 36.4. The lowest BCUT2D eigenvalue weighted by molar-refractivity contribution is -0.120. The predicted molar refractivity (Wildman–Crippen MR) is 122 cm³/mol. The molecule has 32 heavy (non-hydrogen) atoms. The number of carbonyl (C=O) groups is 2. The molecule has 0 bridgehead atoms. The minimum absolute atomic E-state index is 0.0941. The van der Waals surface area contributed by atoms with Crippen LogP contribution in [0.5, 0.6) is 5.88 Å². The van der Waals surface area contributed by atoms with Gasteiger partial charge in [0.1, 0.15) is 0 Å². The molecule has 1 atom stereocenters. The largest absolute Gasteiger partial charge is 0.478 e. The molecule has 0 aliphatic carbocycles. The average molecular weight is 434 g/mol. The number of rotatable bonds is 6. The normalized spacial score (nSPS) is 15.9. The number of esters is 1. The second kappa shape index (κ2) is 9.64. The molecule has 1 N–H and O–H groups in total. The predicted octanol–water partition coefficient (Wildman–Crippen LogP) is 3.67. The minimum Gasteiger partial charge on any atom is -0.478 e. The number of para-hydroxylation sites is 2. The van der Waals surface area contributed by atoms with Crippen molar-refractivity contribution in [1.29, 1.82) is 0 Å². The second-order valence-electron chi connectivity index (χ2n) is 7.62. The molecule has 3 aromatic rings. The number of nitrogens with one attached hydrogen (secondary N) is 1. The molecular weight excluding hydrogens is 408 g/mol. The summed E-state index contributed by atoms with van der Waals surface area (Å²) in [7, 11) is 1.58. The van der Waals surface area contributed by atoms with Crippen molar-refractivity contribution < 1.29 is 19.1 Å². The molecule has 8 heteroatoms. The summed E-state index contributed by atoms with van der Waals surface area (Å²) >= 11 is 0. The molecule has 4 rings (SSSR count). The van der Waals surface area contributed by atoms with Crippen molar-refractivity contribution in [2.75, 3.05) is 37.0 Å². The van der Waals surface area contributed by atoms with Crippen LogP contribution in [0.4, 0.5) is 11.5 Å². The Bertz CT molecular complexity index is 1130. The topological polar surface area (TPSA) is 93.7 Å². The van der Waals surface area contributed by atoms with E-state index in [4.69, 9.17) is 14.5 Å². The number of piperidine rings is 1. The van der Waals surface area contributed by atoms with Crippen LogP contribution in [0.1, 0.15) is 30.1 Å². The molecule has 0 unspecified atom stereocenters. The highest BCUT2D eigenvalue weighted by Crippen LogP contribution is 2.30. The third-order valence-electron chi connectivity index (χ3n) is 5.45. The maximum Gasteiger partial charge on any atom is 0.338 e. The van der Waals surface area contributed by atoms with Crippen LogP contribution in [0.15, 0.2) is 48.5 Å². The number of ether oxygens (including phenoxy) is 2. The third kappa shape index (κ3) is 4.64. The maximum atomic E-state index is 13.0. The number of amides is 1. The van der Waals surface area contributed by atoms with Crippen molar-refractivity contribution in [3.8, 4) is 5.88 Å². The van der Waals surface area contributed by atoms with Gasteiger partial charge >= 0.3 is 5.97 Å². The van der Waals surface area contributed by atoms with Crippen molar-refractivity contribution >= 4 is 34.4 Å². The van der Waals surface area contributed by atoms with E-state index >= 15 is 0 Å². The Balaban J connectivity index is 1.50. The van der Waals surface area contributed by atoms with Crippen molar-refractivity contribution in [2.45, 2.75) is 19.8 Å². The lowest BCUT2D eigenvalue weighted by Crippen LogP contribution is -2.41. The molecule has 8 nitrogen and oxygen atoms in total.